The molecule has 1 aliphatic carbocycles. The van der Waals surface area contributed by atoms with Crippen LogP contribution in [0.1, 0.15) is 44.7 Å². The molecule has 1 nitrogen and oxygen atoms in total. The molecule has 1 aromatic carbocycles. The normalized spacial score (nSPS) is 15.6. The highest BCUT2D eigenvalue weighted by molar-refractivity contribution is 5.77. The van der Waals surface area contributed by atoms with Crippen LogP contribution in [0, 0.1) is 17.7 Å². The lowest BCUT2D eigenvalue weighted by molar-refractivity contribution is 0.284. The molecule has 1 saturated carbocycles. The van der Waals surface area contributed by atoms with Gasteiger partial charge in [-0.25, -0.2) is 4.39 Å². The number of allylic oxidation sites excluding steroid dienone is 2. The third-order valence-electron chi connectivity index (χ3n) is 3.76. The van der Waals surface area contributed by atoms with Crippen molar-refractivity contribution in [2.75, 3.05) is 6.61 Å². The Bertz CT molecular complexity index is 524. The van der Waals surface area contributed by atoms with Gasteiger partial charge in [-0.1, -0.05) is 38.6 Å². The molecular weight excluding hydrogens is 251 g/mol. The highest BCUT2D eigenvalue weighted by atomic mass is 19.1. The van der Waals surface area contributed by atoms with Crippen molar-refractivity contribution in [3.63, 3.8) is 0 Å². The van der Waals surface area contributed by atoms with Crippen LogP contribution in [-0.4, -0.2) is 6.61 Å². The smallest absolute Gasteiger partial charge is 0.165 e. The summed E-state index contributed by atoms with van der Waals surface area (Å²) in [5.74, 6) is 1.02. The van der Waals surface area contributed by atoms with Crippen LogP contribution >= 0.6 is 0 Å². The van der Waals surface area contributed by atoms with E-state index in [9.17, 15) is 4.39 Å². The molecule has 0 atom stereocenters. The lowest BCUT2D eigenvalue weighted by Crippen LogP contribution is -2.05. The van der Waals surface area contributed by atoms with Gasteiger partial charge in [0.1, 0.15) is 0 Å². The van der Waals surface area contributed by atoms with E-state index >= 15 is 0 Å². The fraction of sp³-hybridized carbons (Fsp3) is 0.444. The minimum absolute atomic E-state index is 0.302. The molecule has 0 saturated heterocycles. The van der Waals surface area contributed by atoms with Crippen molar-refractivity contribution in [3.8, 4) is 5.75 Å². The first-order chi connectivity index (χ1) is 9.58. The molecule has 0 aliphatic heterocycles. The monoisotopic (exact) mass is 274 g/mol. The molecule has 2 rings (SSSR count). The summed E-state index contributed by atoms with van der Waals surface area (Å²) in [6.07, 6.45) is 6.16. The van der Waals surface area contributed by atoms with E-state index in [1.165, 1.54) is 24.5 Å². The molecule has 20 heavy (non-hydrogen) atoms. The van der Waals surface area contributed by atoms with Crippen molar-refractivity contribution < 1.29 is 9.13 Å². The Morgan fingerprint density at radius 3 is 2.65 bits per heavy atom. The summed E-state index contributed by atoms with van der Waals surface area (Å²) in [4.78, 5) is 0. The first kappa shape index (κ1) is 14.8. The third-order valence-corrected chi connectivity index (χ3v) is 3.76. The Labute approximate surface area is 121 Å². The van der Waals surface area contributed by atoms with Crippen LogP contribution in [0.3, 0.4) is 0 Å². The van der Waals surface area contributed by atoms with E-state index in [2.05, 4.69) is 26.5 Å². The highest BCUT2D eigenvalue weighted by Crippen LogP contribution is 2.36. The topological polar surface area (TPSA) is 9.23 Å². The van der Waals surface area contributed by atoms with Gasteiger partial charge in [0, 0.05) is 5.56 Å². The Balaban J connectivity index is 2.41. The Hall–Kier alpha value is -1.57. The van der Waals surface area contributed by atoms with Crippen molar-refractivity contribution >= 4 is 11.6 Å². The second-order valence-corrected chi connectivity index (χ2v) is 5.69. The van der Waals surface area contributed by atoms with Gasteiger partial charge in [-0.2, -0.15) is 0 Å². The van der Waals surface area contributed by atoms with Crippen LogP contribution in [-0.2, 0) is 0 Å². The van der Waals surface area contributed by atoms with E-state index in [1.807, 2.05) is 13.0 Å². The number of rotatable bonds is 6. The maximum Gasteiger partial charge on any atom is 0.165 e. The minimum atomic E-state index is -0.302. The van der Waals surface area contributed by atoms with E-state index in [0.29, 0.717) is 24.2 Å². The second kappa shape index (κ2) is 6.25. The van der Waals surface area contributed by atoms with Gasteiger partial charge in [-0.05, 0) is 48.8 Å². The average molecular weight is 274 g/mol. The summed E-state index contributed by atoms with van der Waals surface area (Å²) in [5.41, 5.74) is 2.98. The van der Waals surface area contributed by atoms with E-state index < -0.39 is 0 Å². The summed E-state index contributed by atoms with van der Waals surface area (Å²) in [6.45, 7) is 10.7. The molecular formula is C18H23FO. The number of halogens is 1. The van der Waals surface area contributed by atoms with E-state index in [1.54, 1.807) is 6.08 Å². The molecule has 108 valence electrons. The van der Waals surface area contributed by atoms with Gasteiger partial charge in [-0.3, -0.25) is 0 Å². The standard InChI is InChI=1S/C18H23FO/c1-5-14(12(3)4)16-9-10-17(19)18(15(16)6-2)20-11-13-7-8-13/h5-6,9-10,12-13H,2,7-8,11H2,1,3-4H3/b14-5-. The second-order valence-electron chi connectivity index (χ2n) is 5.69. The van der Waals surface area contributed by atoms with Crippen LogP contribution in [0.25, 0.3) is 11.6 Å². The number of hydrogen-bond donors (Lipinski definition) is 0. The van der Waals surface area contributed by atoms with Crippen LogP contribution in [0.4, 0.5) is 4.39 Å². The molecule has 0 radical (unpaired) electrons. The quantitative estimate of drug-likeness (QED) is 0.682. The van der Waals surface area contributed by atoms with Crippen molar-refractivity contribution in [1.82, 2.24) is 0 Å². The molecule has 0 spiro atoms. The van der Waals surface area contributed by atoms with Gasteiger partial charge in [-0.15, -0.1) is 0 Å². The lowest BCUT2D eigenvalue weighted by Gasteiger charge is -2.18. The Morgan fingerprint density at radius 2 is 2.15 bits per heavy atom. The molecule has 0 bridgehead atoms. The lowest BCUT2D eigenvalue weighted by atomic mass is 9.91. The highest BCUT2D eigenvalue weighted by Gasteiger charge is 2.24. The van der Waals surface area contributed by atoms with Crippen LogP contribution in [0.2, 0.25) is 0 Å². The zero-order valence-corrected chi connectivity index (χ0v) is 12.6. The molecule has 0 heterocycles. The SMILES string of the molecule is C=Cc1c(/C(=C\C)C(C)C)ccc(F)c1OCC1CC1. The number of hydrogen-bond acceptors (Lipinski definition) is 1. The molecule has 1 aliphatic rings. The van der Waals surface area contributed by atoms with E-state index in [4.69, 9.17) is 4.74 Å². The molecule has 0 N–H and O–H groups in total. The van der Waals surface area contributed by atoms with E-state index in [0.717, 1.165) is 11.1 Å². The molecule has 0 aromatic heterocycles. The Kier molecular flexibility index (Phi) is 4.64. The van der Waals surface area contributed by atoms with Crippen molar-refractivity contribution in [1.29, 1.82) is 0 Å². The maximum atomic E-state index is 14.1. The number of benzene rings is 1. The largest absolute Gasteiger partial charge is 0.490 e. The molecule has 0 unspecified atom stereocenters. The number of ether oxygens (including phenoxy) is 1. The fourth-order valence-electron chi connectivity index (χ4n) is 2.46. The Morgan fingerprint density at radius 1 is 1.45 bits per heavy atom. The van der Waals surface area contributed by atoms with Crippen molar-refractivity contribution in [2.24, 2.45) is 11.8 Å². The molecule has 0 amide bonds. The van der Waals surface area contributed by atoms with Crippen molar-refractivity contribution in [3.05, 3.63) is 41.7 Å². The first-order valence-electron chi connectivity index (χ1n) is 7.32. The summed E-state index contributed by atoms with van der Waals surface area (Å²) >= 11 is 0. The third kappa shape index (κ3) is 3.12. The van der Waals surface area contributed by atoms with Crippen LogP contribution in [0.5, 0.6) is 5.75 Å². The van der Waals surface area contributed by atoms with E-state index in [-0.39, 0.29) is 5.82 Å². The summed E-state index contributed by atoms with van der Waals surface area (Å²) < 4.78 is 19.8. The summed E-state index contributed by atoms with van der Waals surface area (Å²) in [7, 11) is 0. The predicted octanol–water partition coefficient (Wildman–Crippen LogP) is 5.32. The van der Waals surface area contributed by atoms with Gasteiger partial charge in [0.05, 0.1) is 6.61 Å². The predicted molar refractivity (Wildman–Crippen MR) is 83.2 cm³/mol. The maximum absolute atomic E-state index is 14.1. The van der Waals surface area contributed by atoms with Crippen LogP contribution < -0.4 is 4.74 Å². The van der Waals surface area contributed by atoms with Gasteiger partial charge in [0.25, 0.3) is 0 Å². The summed E-state index contributed by atoms with van der Waals surface area (Å²) in [6, 6.07) is 3.32. The van der Waals surface area contributed by atoms with Gasteiger partial charge in [0.15, 0.2) is 11.6 Å². The van der Waals surface area contributed by atoms with Gasteiger partial charge < -0.3 is 4.74 Å². The molecule has 2 heteroatoms. The zero-order chi connectivity index (χ0) is 14.7. The molecule has 1 aromatic rings. The fourth-order valence-corrected chi connectivity index (χ4v) is 2.46. The zero-order valence-electron chi connectivity index (χ0n) is 12.6. The minimum Gasteiger partial charge on any atom is -0.490 e. The van der Waals surface area contributed by atoms with Crippen LogP contribution in [0.15, 0.2) is 24.8 Å². The summed E-state index contributed by atoms with van der Waals surface area (Å²) in [5, 5.41) is 0. The average Bonchev–Trinajstić information content (AvgIpc) is 3.23. The van der Waals surface area contributed by atoms with Crippen molar-refractivity contribution in [2.45, 2.75) is 33.6 Å². The van der Waals surface area contributed by atoms with Gasteiger partial charge in [0.2, 0.25) is 0 Å². The van der Waals surface area contributed by atoms with Gasteiger partial charge >= 0.3 is 0 Å². The molecule has 1 fully saturated rings. The first-order valence-corrected chi connectivity index (χ1v) is 7.32.